The number of hydrogen-bond donors (Lipinski definition) is 0. The summed E-state index contributed by atoms with van der Waals surface area (Å²) >= 11 is 13.7. The van der Waals surface area contributed by atoms with Crippen molar-refractivity contribution in [3.8, 4) is 0 Å². The Bertz CT molecular complexity index is 1500. The summed E-state index contributed by atoms with van der Waals surface area (Å²) in [5, 5.41) is 1.64. The molecular weight excluding hydrogens is 551 g/mol. The van der Waals surface area contributed by atoms with Crippen LogP contribution >= 0.6 is 34.5 Å². The maximum atomic E-state index is 13.9. The molecule has 0 saturated carbocycles. The molecule has 2 aromatic carbocycles. The third kappa shape index (κ3) is 5.37. The number of amides is 1. The van der Waals surface area contributed by atoms with Crippen molar-refractivity contribution in [2.75, 3.05) is 18.0 Å². The van der Waals surface area contributed by atoms with Gasteiger partial charge in [0.15, 0.2) is 5.13 Å². The molecule has 3 heterocycles. The van der Waals surface area contributed by atoms with Gasteiger partial charge in [-0.1, -0.05) is 46.7 Å². The number of piperidine rings is 1. The lowest BCUT2D eigenvalue weighted by atomic mass is 9.96. The number of benzene rings is 2. The molecule has 0 unspecified atom stereocenters. The van der Waals surface area contributed by atoms with Crippen LogP contribution in [0.1, 0.15) is 24.0 Å². The molecule has 11 heteroatoms. The first-order chi connectivity index (χ1) is 17.7. The lowest BCUT2D eigenvalue weighted by Crippen LogP contribution is -2.44. The van der Waals surface area contributed by atoms with Crippen LogP contribution in [0.25, 0.3) is 10.2 Å². The molecule has 0 spiro atoms. The number of carbonyl (C=O) groups excluding carboxylic acids is 1. The van der Waals surface area contributed by atoms with E-state index in [9.17, 15) is 13.2 Å². The van der Waals surface area contributed by atoms with Gasteiger partial charge in [0.25, 0.3) is 0 Å². The van der Waals surface area contributed by atoms with Crippen molar-refractivity contribution < 1.29 is 13.2 Å². The lowest BCUT2D eigenvalue weighted by molar-refractivity contribution is -0.123. The van der Waals surface area contributed by atoms with Crippen LogP contribution in [0.15, 0.2) is 65.8 Å². The zero-order chi connectivity index (χ0) is 26.2. The molecule has 0 bridgehead atoms. The van der Waals surface area contributed by atoms with Crippen LogP contribution in [0.5, 0.6) is 0 Å². The average molecular weight is 576 g/mol. The average Bonchev–Trinajstić information content (AvgIpc) is 3.37. The maximum absolute atomic E-state index is 13.9. The van der Waals surface area contributed by atoms with Gasteiger partial charge in [-0.2, -0.15) is 4.31 Å². The van der Waals surface area contributed by atoms with Gasteiger partial charge in [0.05, 0.1) is 26.7 Å². The fourth-order valence-electron chi connectivity index (χ4n) is 4.44. The highest BCUT2D eigenvalue weighted by atomic mass is 35.5. The van der Waals surface area contributed by atoms with Gasteiger partial charge in [0.1, 0.15) is 0 Å². The number of aryl methyl sites for hydroxylation is 1. The Balaban J connectivity index is 1.39. The number of nitrogens with zero attached hydrogens (tertiary/aromatic N) is 4. The zero-order valence-corrected chi connectivity index (χ0v) is 23.1. The highest BCUT2D eigenvalue weighted by Gasteiger charge is 2.35. The molecule has 0 N–H and O–H groups in total. The molecule has 1 saturated heterocycles. The Morgan fingerprint density at radius 2 is 1.84 bits per heavy atom. The predicted molar refractivity (Wildman–Crippen MR) is 148 cm³/mol. The van der Waals surface area contributed by atoms with Gasteiger partial charge in [-0.3, -0.25) is 14.7 Å². The second kappa shape index (κ2) is 10.7. The fraction of sp³-hybridized carbons (Fsp3) is 0.269. The second-order valence-electron chi connectivity index (χ2n) is 8.96. The maximum Gasteiger partial charge on any atom is 0.243 e. The Labute approximate surface area is 229 Å². The van der Waals surface area contributed by atoms with Crippen molar-refractivity contribution >= 4 is 65.8 Å². The van der Waals surface area contributed by atoms with E-state index >= 15 is 0 Å². The van der Waals surface area contributed by atoms with E-state index < -0.39 is 10.0 Å². The van der Waals surface area contributed by atoms with Crippen molar-refractivity contribution in [2.24, 2.45) is 5.92 Å². The molecule has 1 fully saturated rings. The number of hydrogen-bond acceptors (Lipinski definition) is 6. The third-order valence-electron chi connectivity index (χ3n) is 6.50. The van der Waals surface area contributed by atoms with E-state index in [-0.39, 0.29) is 29.8 Å². The molecule has 192 valence electrons. The number of carbonyl (C=O) groups is 1. The molecule has 1 aliphatic heterocycles. The number of thiazole rings is 1. The van der Waals surface area contributed by atoms with Crippen LogP contribution in [0.2, 0.25) is 10.0 Å². The lowest BCUT2D eigenvalue weighted by Gasteiger charge is -2.33. The third-order valence-corrected chi connectivity index (χ3v) is 10.2. The van der Waals surface area contributed by atoms with E-state index in [2.05, 4.69) is 4.98 Å². The fourth-order valence-corrected chi connectivity index (χ4v) is 7.36. The van der Waals surface area contributed by atoms with E-state index in [1.165, 1.54) is 27.8 Å². The molecule has 5 rings (SSSR count). The number of anilines is 1. The van der Waals surface area contributed by atoms with E-state index in [1.807, 2.05) is 31.2 Å². The molecule has 2 aromatic heterocycles. The zero-order valence-electron chi connectivity index (χ0n) is 20.0. The van der Waals surface area contributed by atoms with Gasteiger partial charge >= 0.3 is 0 Å². The molecule has 1 amide bonds. The first-order valence-electron chi connectivity index (χ1n) is 11.8. The topological polar surface area (TPSA) is 83.5 Å². The van der Waals surface area contributed by atoms with Gasteiger partial charge in [0.2, 0.25) is 15.9 Å². The van der Waals surface area contributed by atoms with Crippen molar-refractivity contribution in [3.63, 3.8) is 0 Å². The normalized spacial score (nSPS) is 15.2. The summed E-state index contributed by atoms with van der Waals surface area (Å²) in [6.45, 7) is 2.79. The molecule has 0 radical (unpaired) electrons. The summed E-state index contributed by atoms with van der Waals surface area (Å²) in [5.74, 6) is -0.419. The minimum atomic E-state index is -3.66. The van der Waals surface area contributed by atoms with Gasteiger partial charge < -0.3 is 0 Å². The van der Waals surface area contributed by atoms with Crippen molar-refractivity contribution in [2.45, 2.75) is 31.2 Å². The largest absolute Gasteiger partial charge is 0.283 e. The van der Waals surface area contributed by atoms with Crippen molar-refractivity contribution in [3.05, 3.63) is 82.1 Å². The van der Waals surface area contributed by atoms with E-state index in [4.69, 9.17) is 28.2 Å². The summed E-state index contributed by atoms with van der Waals surface area (Å²) in [6, 6.07) is 13.6. The summed E-state index contributed by atoms with van der Waals surface area (Å²) in [7, 11) is -3.66. The number of aromatic nitrogens is 2. The van der Waals surface area contributed by atoms with E-state index in [0.717, 1.165) is 21.3 Å². The minimum absolute atomic E-state index is 0.0831. The summed E-state index contributed by atoms with van der Waals surface area (Å²) in [6.07, 6.45) is 4.25. The van der Waals surface area contributed by atoms with Gasteiger partial charge in [-0.25, -0.2) is 13.4 Å². The van der Waals surface area contributed by atoms with Crippen LogP contribution in [0.4, 0.5) is 5.13 Å². The Hall–Kier alpha value is -2.56. The Morgan fingerprint density at radius 1 is 1.11 bits per heavy atom. The highest BCUT2D eigenvalue weighted by Crippen LogP contribution is 2.37. The molecule has 37 heavy (non-hydrogen) atoms. The number of halogens is 2. The SMILES string of the molecule is Cc1ccc(Cl)c2sc(N(Cc3cccnc3)C(=O)C3CCN(S(=O)(=O)c4ccc(Cl)cc4)CC3)nc12. The van der Waals surface area contributed by atoms with E-state index in [0.29, 0.717) is 34.6 Å². The van der Waals surface area contributed by atoms with Crippen LogP contribution in [0.3, 0.4) is 0 Å². The van der Waals surface area contributed by atoms with Crippen LogP contribution in [-0.2, 0) is 21.4 Å². The number of pyridine rings is 1. The molecule has 7 nitrogen and oxygen atoms in total. The molecule has 0 atom stereocenters. The predicted octanol–water partition coefficient (Wildman–Crippen LogP) is 5.94. The minimum Gasteiger partial charge on any atom is -0.283 e. The Morgan fingerprint density at radius 3 is 2.49 bits per heavy atom. The van der Waals surface area contributed by atoms with Gasteiger partial charge in [-0.05, 0) is 67.3 Å². The quantitative estimate of drug-likeness (QED) is 0.284. The summed E-state index contributed by atoms with van der Waals surface area (Å²) < 4.78 is 28.5. The first-order valence-corrected chi connectivity index (χ1v) is 14.8. The van der Waals surface area contributed by atoms with Gasteiger partial charge in [0, 0.05) is 36.4 Å². The smallest absolute Gasteiger partial charge is 0.243 e. The number of rotatable bonds is 6. The van der Waals surface area contributed by atoms with Crippen molar-refractivity contribution in [1.29, 1.82) is 0 Å². The molecule has 0 aliphatic carbocycles. The molecule has 4 aromatic rings. The van der Waals surface area contributed by atoms with Crippen LogP contribution < -0.4 is 4.90 Å². The highest BCUT2D eigenvalue weighted by molar-refractivity contribution is 7.89. The summed E-state index contributed by atoms with van der Waals surface area (Å²) in [5.41, 5.74) is 2.64. The second-order valence-corrected chi connectivity index (χ2v) is 12.7. The molecular formula is C26H24Cl2N4O3S2. The van der Waals surface area contributed by atoms with Crippen LogP contribution in [-0.4, -0.2) is 41.7 Å². The van der Waals surface area contributed by atoms with E-state index in [1.54, 1.807) is 29.4 Å². The standard InChI is InChI=1S/C26H24Cl2N4O3S2/c1-17-4-9-22(28)24-23(17)30-26(36-24)32(16-18-3-2-12-29-15-18)25(33)19-10-13-31(14-11-19)37(34,35)21-7-5-20(27)6-8-21/h2-9,12,15,19H,10-11,13-14,16H2,1H3. The monoisotopic (exact) mass is 574 g/mol. The Kier molecular flexibility index (Phi) is 7.51. The van der Waals surface area contributed by atoms with Gasteiger partial charge in [-0.15, -0.1) is 0 Å². The molecule has 1 aliphatic rings. The first kappa shape index (κ1) is 26.1. The summed E-state index contributed by atoms with van der Waals surface area (Å²) in [4.78, 5) is 24.7. The van der Waals surface area contributed by atoms with Crippen LogP contribution in [0, 0.1) is 12.8 Å². The van der Waals surface area contributed by atoms with Crippen molar-refractivity contribution in [1.82, 2.24) is 14.3 Å². The number of sulfonamides is 1. The number of fused-ring (bicyclic) bond motifs is 1.